The molecule has 0 saturated carbocycles. The molecule has 2 heterocycles. The topological polar surface area (TPSA) is 76.2 Å². The van der Waals surface area contributed by atoms with Crippen molar-refractivity contribution in [1.82, 2.24) is 9.80 Å². The van der Waals surface area contributed by atoms with E-state index < -0.39 is 11.8 Å². The molecule has 7 nitrogen and oxygen atoms in total. The van der Waals surface area contributed by atoms with Gasteiger partial charge >= 0.3 is 0 Å². The van der Waals surface area contributed by atoms with Crippen LogP contribution in [0.3, 0.4) is 0 Å². The van der Waals surface area contributed by atoms with Crippen molar-refractivity contribution in [3.63, 3.8) is 0 Å². The van der Waals surface area contributed by atoms with E-state index in [1.165, 1.54) is 0 Å². The van der Waals surface area contributed by atoms with Crippen LogP contribution in [-0.4, -0.2) is 53.8 Å². The smallest absolute Gasteiger partial charge is 0.262 e. The van der Waals surface area contributed by atoms with E-state index in [-0.39, 0.29) is 12.5 Å². The average molecular weight is 408 g/mol. The maximum Gasteiger partial charge on any atom is 0.262 e. The highest BCUT2D eigenvalue weighted by Crippen LogP contribution is 2.34. The van der Waals surface area contributed by atoms with Crippen molar-refractivity contribution < 1.29 is 23.9 Å². The van der Waals surface area contributed by atoms with Crippen LogP contribution in [0.4, 0.5) is 0 Å². The highest BCUT2D eigenvalue weighted by atomic mass is 16.5. The number of hydrogen-bond donors (Lipinski definition) is 0. The molecule has 0 aromatic heterocycles. The summed E-state index contributed by atoms with van der Waals surface area (Å²) in [6, 6.07) is 10.6. The minimum absolute atomic E-state index is 0.248. The summed E-state index contributed by atoms with van der Waals surface area (Å²) in [5, 5.41) is 0. The maximum absolute atomic E-state index is 12.9. The van der Waals surface area contributed by atoms with Crippen LogP contribution in [0.25, 0.3) is 0 Å². The number of nitrogens with zero attached hydrogens (tertiary/aromatic N) is 2. The van der Waals surface area contributed by atoms with Crippen LogP contribution in [0.5, 0.6) is 11.5 Å². The van der Waals surface area contributed by atoms with Gasteiger partial charge in [-0.25, -0.2) is 0 Å². The number of rotatable bonds is 6. The summed E-state index contributed by atoms with van der Waals surface area (Å²) in [5.74, 6) is 0.293. The van der Waals surface area contributed by atoms with Gasteiger partial charge in [0.1, 0.15) is 6.54 Å². The van der Waals surface area contributed by atoms with E-state index in [2.05, 4.69) is 0 Å². The first-order chi connectivity index (χ1) is 14.5. The molecule has 156 valence electrons. The van der Waals surface area contributed by atoms with Gasteiger partial charge < -0.3 is 14.4 Å². The molecule has 4 rings (SSSR count). The lowest BCUT2D eigenvalue weighted by atomic mass is 9.98. The number of hydrogen-bond acceptors (Lipinski definition) is 5. The zero-order valence-electron chi connectivity index (χ0n) is 17.1. The average Bonchev–Trinajstić information content (AvgIpc) is 2.99. The molecule has 0 aliphatic carbocycles. The monoisotopic (exact) mass is 408 g/mol. The normalized spacial score (nSPS) is 15.1. The van der Waals surface area contributed by atoms with E-state index in [1.54, 1.807) is 29.2 Å². The first-order valence-electron chi connectivity index (χ1n) is 10.2. The zero-order chi connectivity index (χ0) is 21.3. The van der Waals surface area contributed by atoms with Gasteiger partial charge in [0.2, 0.25) is 5.91 Å². The Morgan fingerprint density at radius 3 is 2.07 bits per heavy atom. The Labute approximate surface area is 175 Å². The van der Waals surface area contributed by atoms with E-state index in [0.717, 1.165) is 16.0 Å². The molecule has 0 unspecified atom stereocenters. The third kappa shape index (κ3) is 3.51. The molecular weight excluding hydrogens is 384 g/mol. The van der Waals surface area contributed by atoms with Crippen molar-refractivity contribution in [2.24, 2.45) is 0 Å². The lowest BCUT2D eigenvalue weighted by Crippen LogP contribution is -2.44. The van der Waals surface area contributed by atoms with Crippen molar-refractivity contribution >= 4 is 17.7 Å². The van der Waals surface area contributed by atoms with Gasteiger partial charge in [0.25, 0.3) is 11.8 Å². The number of carbonyl (C=O) groups excluding carboxylic acids is 3. The second kappa shape index (κ2) is 8.18. The lowest BCUT2D eigenvalue weighted by molar-refractivity contribution is -0.132. The fraction of sp³-hybridized carbons (Fsp3) is 0.348. The fourth-order valence-corrected chi connectivity index (χ4v) is 3.93. The molecule has 2 aliphatic heterocycles. The molecule has 0 radical (unpaired) electrons. The van der Waals surface area contributed by atoms with E-state index in [9.17, 15) is 14.4 Å². The largest absolute Gasteiger partial charge is 0.490 e. The Morgan fingerprint density at radius 2 is 1.50 bits per heavy atom. The van der Waals surface area contributed by atoms with Crippen LogP contribution >= 0.6 is 0 Å². The minimum Gasteiger partial charge on any atom is -0.490 e. The molecular formula is C23H24N2O5. The van der Waals surface area contributed by atoms with E-state index in [4.69, 9.17) is 9.47 Å². The maximum atomic E-state index is 12.9. The predicted octanol–water partition coefficient (Wildman–Crippen LogP) is 2.66. The third-order valence-corrected chi connectivity index (χ3v) is 5.40. The molecule has 0 fully saturated rings. The molecule has 0 spiro atoms. The van der Waals surface area contributed by atoms with Gasteiger partial charge in [0.05, 0.1) is 24.3 Å². The van der Waals surface area contributed by atoms with E-state index in [0.29, 0.717) is 55.4 Å². The first kappa shape index (κ1) is 19.9. The van der Waals surface area contributed by atoms with Crippen molar-refractivity contribution in [3.05, 3.63) is 58.7 Å². The van der Waals surface area contributed by atoms with Crippen molar-refractivity contribution in [2.45, 2.75) is 26.8 Å². The number of benzene rings is 2. The Kier molecular flexibility index (Phi) is 5.44. The van der Waals surface area contributed by atoms with Gasteiger partial charge in [-0.15, -0.1) is 0 Å². The molecule has 3 amide bonds. The minimum atomic E-state index is -0.415. The molecule has 0 saturated heterocycles. The second-order valence-corrected chi connectivity index (χ2v) is 7.24. The summed E-state index contributed by atoms with van der Waals surface area (Å²) >= 11 is 0. The summed E-state index contributed by atoms with van der Waals surface area (Å²) in [6.45, 7) is 5.57. The quantitative estimate of drug-likeness (QED) is 0.687. The molecule has 2 aromatic carbocycles. The van der Waals surface area contributed by atoms with Crippen molar-refractivity contribution in [3.8, 4) is 11.5 Å². The Bertz CT molecular complexity index is 982. The Balaban J connectivity index is 1.50. The van der Waals surface area contributed by atoms with Crippen molar-refractivity contribution in [1.29, 1.82) is 0 Å². The standard InChI is InChI=1S/C23H24N2O5/c1-3-29-19-11-15-9-10-24(13-16(15)12-20(19)30-4-2)21(26)14-25-22(27)17-7-5-6-8-18(17)23(25)28/h5-8,11-12H,3-4,9-10,13-14H2,1-2H3. The molecule has 2 aromatic rings. The van der Waals surface area contributed by atoms with Gasteiger partial charge in [-0.05, 0) is 55.7 Å². The summed E-state index contributed by atoms with van der Waals surface area (Å²) in [7, 11) is 0. The van der Waals surface area contributed by atoms with Gasteiger partial charge in [0, 0.05) is 13.1 Å². The van der Waals surface area contributed by atoms with Crippen LogP contribution < -0.4 is 9.47 Å². The van der Waals surface area contributed by atoms with E-state index in [1.807, 2.05) is 26.0 Å². The number of ether oxygens (including phenoxy) is 2. The van der Waals surface area contributed by atoms with Crippen LogP contribution in [0.1, 0.15) is 45.7 Å². The first-order valence-corrected chi connectivity index (χ1v) is 10.2. The lowest BCUT2D eigenvalue weighted by Gasteiger charge is -2.30. The van der Waals surface area contributed by atoms with Crippen LogP contribution in [-0.2, 0) is 17.8 Å². The van der Waals surface area contributed by atoms with Gasteiger partial charge in [-0.3, -0.25) is 19.3 Å². The predicted molar refractivity (Wildman–Crippen MR) is 110 cm³/mol. The Hall–Kier alpha value is -3.35. The zero-order valence-corrected chi connectivity index (χ0v) is 17.1. The second-order valence-electron chi connectivity index (χ2n) is 7.24. The Morgan fingerprint density at radius 1 is 0.933 bits per heavy atom. The fourth-order valence-electron chi connectivity index (χ4n) is 3.93. The molecule has 7 heteroatoms. The number of imide groups is 1. The molecule has 30 heavy (non-hydrogen) atoms. The third-order valence-electron chi connectivity index (χ3n) is 5.40. The molecule has 2 aliphatic rings. The molecule has 0 bridgehead atoms. The highest BCUT2D eigenvalue weighted by Gasteiger charge is 2.37. The molecule has 0 atom stereocenters. The van der Waals surface area contributed by atoms with Gasteiger partial charge in [-0.1, -0.05) is 12.1 Å². The van der Waals surface area contributed by atoms with Crippen LogP contribution in [0.15, 0.2) is 36.4 Å². The number of fused-ring (bicyclic) bond motifs is 2. The summed E-state index contributed by atoms with van der Waals surface area (Å²) in [5.41, 5.74) is 2.81. The van der Waals surface area contributed by atoms with Crippen LogP contribution in [0, 0.1) is 0 Å². The van der Waals surface area contributed by atoms with Gasteiger partial charge in [-0.2, -0.15) is 0 Å². The van der Waals surface area contributed by atoms with Gasteiger partial charge in [0.15, 0.2) is 11.5 Å². The number of amides is 3. The summed E-state index contributed by atoms with van der Waals surface area (Å²) in [6.07, 6.45) is 0.676. The number of carbonyl (C=O) groups is 3. The van der Waals surface area contributed by atoms with Crippen LogP contribution in [0.2, 0.25) is 0 Å². The molecule has 0 N–H and O–H groups in total. The van der Waals surface area contributed by atoms with Crippen molar-refractivity contribution in [2.75, 3.05) is 26.3 Å². The summed E-state index contributed by atoms with van der Waals surface area (Å²) in [4.78, 5) is 40.7. The highest BCUT2D eigenvalue weighted by molar-refractivity contribution is 6.22. The summed E-state index contributed by atoms with van der Waals surface area (Å²) < 4.78 is 11.4. The van der Waals surface area contributed by atoms with E-state index >= 15 is 0 Å². The SMILES string of the molecule is CCOc1cc2c(cc1OCC)CN(C(=O)CN1C(=O)c3ccccc3C1=O)CC2.